The number of thiocarbonyl (C=S) groups is 1. The number of carbonyl (C=O) groups excluding carboxylic acids is 1. The molecule has 2 saturated heterocycles. The molecule has 0 saturated carbocycles. The lowest BCUT2D eigenvalue weighted by atomic mass is 10.1. The molecule has 116 valence electrons. The van der Waals surface area contributed by atoms with Crippen molar-refractivity contribution in [1.29, 1.82) is 0 Å². The minimum atomic E-state index is -0.0313. The summed E-state index contributed by atoms with van der Waals surface area (Å²) in [5.41, 5.74) is 2.77. The monoisotopic (exact) mass is 315 g/mol. The van der Waals surface area contributed by atoms with E-state index in [2.05, 4.69) is 10.2 Å². The van der Waals surface area contributed by atoms with Crippen LogP contribution in [-0.2, 0) is 4.79 Å². The van der Waals surface area contributed by atoms with Crippen molar-refractivity contribution in [3.05, 3.63) is 41.1 Å². The lowest BCUT2D eigenvalue weighted by Gasteiger charge is -2.29. The molecule has 1 N–H and O–H groups in total. The van der Waals surface area contributed by atoms with Gasteiger partial charge in [-0.3, -0.25) is 14.6 Å². The van der Waals surface area contributed by atoms with Gasteiger partial charge in [0.2, 0.25) is 0 Å². The predicted octanol–water partition coefficient (Wildman–Crippen LogP) is 2.50. The number of amides is 1. The predicted molar refractivity (Wildman–Crippen MR) is 92.0 cm³/mol. The van der Waals surface area contributed by atoms with E-state index in [4.69, 9.17) is 12.2 Å². The van der Waals surface area contributed by atoms with Crippen molar-refractivity contribution >= 4 is 29.3 Å². The van der Waals surface area contributed by atoms with Gasteiger partial charge >= 0.3 is 0 Å². The smallest absolute Gasteiger partial charge is 0.277 e. The summed E-state index contributed by atoms with van der Waals surface area (Å²) in [6, 6.07) is 8.09. The van der Waals surface area contributed by atoms with Crippen LogP contribution in [0.25, 0.3) is 6.08 Å². The number of aryl methyl sites for hydroxylation is 1. The lowest BCUT2D eigenvalue weighted by Crippen LogP contribution is -2.43. The Kier molecular flexibility index (Phi) is 4.55. The Morgan fingerprint density at radius 1 is 1.18 bits per heavy atom. The molecule has 0 aliphatic carbocycles. The van der Waals surface area contributed by atoms with Gasteiger partial charge in [-0.2, -0.15) is 0 Å². The van der Waals surface area contributed by atoms with Crippen molar-refractivity contribution in [3.8, 4) is 0 Å². The van der Waals surface area contributed by atoms with Crippen molar-refractivity contribution in [2.45, 2.75) is 26.2 Å². The first-order valence-electron chi connectivity index (χ1n) is 7.77. The molecular formula is C17H21N3OS. The molecule has 1 amide bonds. The van der Waals surface area contributed by atoms with Crippen LogP contribution < -0.4 is 5.32 Å². The number of likely N-dealkylation sites (tertiary alicyclic amines) is 1. The number of rotatable bonds is 3. The van der Waals surface area contributed by atoms with Gasteiger partial charge in [0.15, 0.2) is 5.11 Å². The van der Waals surface area contributed by atoms with E-state index >= 15 is 0 Å². The zero-order valence-corrected chi connectivity index (χ0v) is 13.7. The third kappa shape index (κ3) is 3.36. The van der Waals surface area contributed by atoms with Gasteiger partial charge in [0, 0.05) is 0 Å². The molecular weight excluding hydrogens is 294 g/mol. The Bertz CT molecular complexity index is 603. The van der Waals surface area contributed by atoms with Gasteiger partial charge in [0.25, 0.3) is 5.91 Å². The molecule has 4 nitrogen and oxygen atoms in total. The summed E-state index contributed by atoms with van der Waals surface area (Å²) in [6.07, 6.45) is 5.55. The molecule has 2 aliphatic heterocycles. The van der Waals surface area contributed by atoms with Gasteiger partial charge in [-0.25, -0.2) is 0 Å². The van der Waals surface area contributed by atoms with Gasteiger partial charge in [-0.15, -0.1) is 0 Å². The van der Waals surface area contributed by atoms with Gasteiger partial charge in [0.05, 0.1) is 6.67 Å². The molecule has 5 heteroatoms. The highest BCUT2D eigenvalue weighted by Crippen LogP contribution is 2.17. The second-order valence-electron chi connectivity index (χ2n) is 5.95. The van der Waals surface area contributed by atoms with Gasteiger partial charge in [-0.1, -0.05) is 36.2 Å². The van der Waals surface area contributed by atoms with E-state index in [0.717, 1.165) is 18.7 Å². The normalized spacial score (nSPS) is 21.5. The van der Waals surface area contributed by atoms with E-state index in [1.54, 1.807) is 4.90 Å². The molecule has 0 aromatic heterocycles. The Balaban J connectivity index is 1.71. The fourth-order valence-electron chi connectivity index (χ4n) is 2.83. The third-order valence-electron chi connectivity index (χ3n) is 4.14. The molecule has 1 aromatic rings. The summed E-state index contributed by atoms with van der Waals surface area (Å²) in [4.78, 5) is 16.5. The fraction of sp³-hybridized carbons (Fsp3) is 0.412. The minimum absolute atomic E-state index is 0.0313. The number of piperidine rings is 1. The van der Waals surface area contributed by atoms with Crippen molar-refractivity contribution < 1.29 is 4.79 Å². The SMILES string of the molecule is Cc1ccc(/C=C2\NC(=S)N(CN3CCCCC3)C2=O)cc1. The second-order valence-corrected chi connectivity index (χ2v) is 6.34. The molecule has 2 aliphatic rings. The quantitative estimate of drug-likeness (QED) is 0.687. The first-order chi connectivity index (χ1) is 10.6. The van der Waals surface area contributed by atoms with Crippen LogP contribution in [0.2, 0.25) is 0 Å². The van der Waals surface area contributed by atoms with Gasteiger partial charge in [-0.05, 0) is 56.7 Å². The van der Waals surface area contributed by atoms with Crippen molar-refractivity contribution in [2.75, 3.05) is 19.8 Å². The summed E-state index contributed by atoms with van der Waals surface area (Å²) in [5.74, 6) is -0.0313. The molecule has 2 fully saturated rings. The second kappa shape index (κ2) is 6.58. The highest BCUT2D eigenvalue weighted by Gasteiger charge is 2.31. The molecule has 22 heavy (non-hydrogen) atoms. The van der Waals surface area contributed by atoms with Crippen LogP contribution in [-0.4, -0.2) is 40.6 Å². The van der Waals surface area contributed by atoms with Gasteiger partial charge in [0.1, 0.15) is 5.70 Å². The van der Waals surface area contributed by atoms with E-state index in [1.807, 2.05) is 37.3 Å². The van der Waals surface area contributed by atoms with Crippen LogP contribution in [0.1, 0.15) is 30.4 Å². The zero-order chi connectivity index (χ0) is 15.5. The molecule has 0 atom stereocenters. The molecule has 0 spiro atoms. The molecule has 0 radical (unpaired) electrons. The first kappa shape index (κ1) is 15.2. The fourth-order valence-corrected chi connectivity index (χ4v) is 3.08. The maximum atomic E-state index is 12.5. The number of nitrogens with zero attached hydrogens (tertiary/aromatic N) is 2. The van der Waals surface area contributed by atoms with E-state index in [0.29, 0.717) is 17.5 Å². The maximum absolute atomic E-state index is 12.5. The van der Waals surface area contributed by atoms with Crippen LogP contribution in [0.5, 0.6) is 0 Å². The summed E-state index contributed by atoms with van der Waals surface area (Å²) in [6.45, 7) is 4.73. The van der Waals surface area contributed by atoms with E-state index in [-0.39, 0.29) is 5.91 Å². The van der Waals surface area contributed by atoms with Crippen LogP contribution >= 0.6 is 12.2 Å². The van der Waals surface area contributed by atoms with E-state index < -0.39 is 0 Å². The molecule has 0 bridgehead atoms. The van der Waals surface area contributed by atoms with Crippen molar-refractivity contribution in [3.63, 3.8) is 0 Å². The average Bonchev–Trinajstić information content (AvgIpc) is 2.78. The van der Waals surface area contributed by atoms with E-state index in [9.17, 15) is 4.79 Å². The molecule has 2 heterocycles. The number of hydrogen-bond donors (Lipinski definition) is 1. The summed E-state index contributed by atoms with van der Waals surface area (Å²) in [5, 5.41) is 3.56. The number of carbonyl (C=O) groups is 1. The third-order valence-corrected chi connectivity index (χ3v) is 4.46. The minimum Gasteiger partial charge on any atom is -0.328 e. The average molecular weight is 315 g/mol. The number of hydrogen-bond acceptors (Lipinski definition) is 3. The summed E-state index contributed by atoms with van der Waals surface area (Å²) < 4.78 is 0. The summed E-state index contributed by atoms with van der Waals surface area (Å²) >= 11 is 5.33. The van der Waals surface area contributed by atoms with Crippen molar-refractivity contribution in [2.24, 2.45) is 0 Å². The van der Waals surface area contributed by atoms with Crippen molar-refractivity contribution in [1.82, 2.24) is 15.1 Å². The highest BCUT2D eigenvalue weighted by atomic mass is 32.1. The molecule has 1 aromatic carbocycles. The van der Waals surface area contributed by atoms with Crippen LogP contribution in [0.3, 0.4) is 0 Å². The van der Waals surface area contributed by atoms with Crippen LogP contribution in [0, 0.1) is 6.92 Å². The van der Waals surface area contributed by atoms with Crippen LogP contribution in [0.15, 0.2) is 30.0 Å². The standard InChI is InChI=1S/C17H21N3OS/c1-13-5-7-14(8-6-13)11-15-16(21)20(17(22)18-15)12-19-9-3-2-4-10-19/h5-8,11H,2-4,9-10,12H2,1H3,(H,18,22)/b15-11-. The van der Waals surface area contributed by atoms with Crippen LogP contribution in [0.4, 0.5) is 0 Å². The molecule has 0 unspecified atom stereocenters. The number of benzene rings is 1. The van der Waals surface area contributed by atoms with Gasteiger partial charge < -0.3 is 5.32 Å². The Morgan fingerprint density at radius 3 is 2.55 bits per heavy atom. The topological polar surface area (TPSA) is 35.6 Å². The highest BCUT2D eigenvalue weighted by molar-refractivity contribution is 7.80. The maximum Gasteiger partial charge on any atom is 0.277 e. The number of nitrogens with one attached hydrogen (secondary N) is 1. The first-order valence-corrected chi connectivity index (χ1v) is 8.18. The largest absolute Gasteiger partial charge is 0.328 e. The Labute approximate surface area is 136 Å². The summed E-state index contributed by atoms with van der Waals surface area (Å²) in [7, 11) is 0. The zero-order valence-electron chi connectivity index (χ0n) is 12.8. The Hall–Kier alpha value is -1.72. The lowest BCUT2D eigenvalue weighted by molar-refractivity contribution is -0.123. The van der Waals surface area contributed by atoms with E-state index in [1.165, 1.54) is 24.8 Å². The molecule has 3 rings (SSSR count). The Morgan fingerprint density at radius 2 is 1.86 bits per heavy atom.